The van der Waals surface area contributed by atoms with Gasteiger partial charge >= 0.3 is 0 Å². The molecular weight excluding hydrogens is 449 g/mol. The predicted octanol–water partition coefficient (Wildman–Crippen LogP) is 5.04. The molecule has 2 aromatic carbocycles. The van der Waals surface area contributed by atoms with Gasteiger partial charge in [-0.3, -0.25) is 9.59 Å². The Morgan fingerprint density at radius 1 is 0.966 bits per heavy atom. The highest BCUT2D eigenvalue weighted by Crippen LogP contribution is 2.23. The molecule has 0 radical (unpaired) electrons. The lowest BCUT2D eigenvalue weighted by Crippen LogP contribution is -2.24. The highest BCUT2D eigenvalue weighted by atomic mass is 35.5. The molecule has 150 valence electrons. The minimum Gasteiger partial charge on any atom is -0.352 e. The monoisotopic (exact) mass is 465 g/mol. The summed E-state index contributed by atoms with van der Waals surface area (Å²) in [6, 6.07) is 14.2. The van der Waals surface area contributed by atoms with Crippen molar-refractivity contribution in [3.05, 3.63) is 75.2 Å². The zero-order chi connectivity index (χ0) is 20.6. The molecule has 0 aliphatic carbocycles. The number of thiazole rings is 1. The van der Waals surface area contributed by atoms with E-state index in [1.165, 1.54) is 23.1 Å². The third kappa shape index (κ3) is 7.36. The van der Waals surface area contributed by atoms with Crippen molar-refractivity contribution >= 4 is 63.8 Å². The van der Waals surface area contributed by atoms with Crippen LogP contribution < -0.4 is 10.6 Å². The first-order valence-corrected chi connectivity index (χ1v) is 11.2. The number of rotatable bonds is 8. The highest BCUT2D eigenvalue weighted by molar-refractivity contribution is 8.01. The van der Waals surface area contributed by atoms with Gasteiger partial charge in [-0.2, -0.15) is 0 Å². The summed E-state index contributed by atoms with van der Waals surface area (Å²) in [7, 11) is 0. The minimum atomic E-state index is -0.130. The molecule has 0 spiro atoms. The Morgan fingerprint density at radius 2 is 1.62 bits per heavy atom. The summed E-state index contributed by atoms with van der Waals surface area (Å²) in [4.78, 5) is 28.6. The highest BCUT2D eigenvalue weighted by Gasteiger charge is 2.10. The molecule has 0 aliphatic rings. The van der Waals surface area contributed by atoms with Crippen molar-refractivity contribution in [1.82, 2.24) is 10.3 Å². The first kappa shape index (κ1) is 21.6. The Hall–Kier alpha value is -2.06. The quantitative estimate of drug-likeness (QED) is 0.457. The number of thioether (sulfide) groups is 1. The molecule has 9 heteroatoms. The van der Waals surface area contributed by atoms with E-state index in [2.05, 4.69) is 15.6 Å². The molecule has 0 atom stereocenters. The average Bonchev–Trinajstić information content (AvgIpc) is 3.15. The SMILES string of the molecule is O=C(Cc1csc(SCC(=O)Nc2ccc(Cl)cc2)n1)NCc1ccc(Cl)cc1. The molecule has 2 N–H and O–H groups in total. The van der Waals surface area contributed by atoms with Gasteiger partial charge in [-0.15, -0.1) is 11.3 Å². The number of hydrogen-bond donors (Lipinski definition) is 2. The van der Waals surface area contributed by atoms with Gasteiger partial charge in [0, 0.05) is 27.7 Å². The van der Waals surface area contributed by atoms with E-state index >= 15 is 0 Å². The summed E-state index contributed by atoms with van der Waals surface area (Å²) in [6.45, 7) is 0.437. The van der Waals surface area contributed by atoms with E-state index in [4.69, 9.17) is 23.2 Å². The summed E-state index contributed by atoms with van der Waals surface area (Å²) in [5.41, 5.74) is 2.35. The topological polar surface area (TPSA) is 71.1 Å². The maximum atomic E-state index is 12.1. The number of amides is 2. The predicted molar refractivity (Wildman–Crippen MR) is 120 cm³/mol. The summed E-state index contributed by atoms with van der Waals surface area (Å²) < 4.78 is 0.747. The standard InChI is InChI=1S/C20H17Cl2N3O2S2/c21-14-3-1-13(2-4-14)10-23-18(26)9-17-11-28-20(25-17)29-12-19(27)24-16-7-5-15(22)6-8-16/h1-8,11H,9-10,12H2,(H,23,26)(H,24,27). The Balaban J connectivity index is 1.41. The number of halogens is 2. The third-order valence-electron chi connectivity index (χ3n) is 3.73. The van der Waals surface area contributed by atoms with Crippen molar-refractivity contribution in [3.8, 4) is 0 Å². The van der Waals surface area contributed by atoms with Gasteiger partial charge in [0.15, 0.2) is 4.34 Å². The minimum absolute atomic E-state index is 0.109. The largest absolute Gasteiger partial charge is 0.352 e. The molecule has 0 aliphatic heterocycles. The zero-order valence-corrected chi connectivity index (χ0v) is 18.3. The number of carbonyl (C=O) groups excluding carboxylic acids is 2. The molecule has 0 fully saturated rings. The molecule has 1 heterocycles. The van der Waals surface area contributed by atoms with Crippen molar-refractivity contribution < 1.29 is 9.59 Å². The zero-order valence-electron chi connectivity index (χ0n) is 15.2. The fraction of sp³-hybridized carbons (Fsp3) is 0.150. The van der Waals surface area contributed by atoms with E-state index in [1.807, 2.05) is 17.5 Å². The Morgan fingerprint density at radius 3 is 2.31 bits per heavy atom. The van der Waals surface area contributed by atoms with Gasteiger partial charge in [-0.1, -0.05) is 47.1 Å². The molecule has 29 heavy (non-hydrogen) atoms. The second-order valence-electron chi connectivity index (χ2n) is 6.03. The molecule has 0 saturated heterocycles. The number of nitrogens with one attached hydrogen (secondary N) is 2. The number of anilines is 1. The number of hydrogen-bond acceptors (Lipinski definition) is 5. The van der Waals surface area contributed by atoms with Crippen LogP contribution >= 0.6 is 46.3 Å². The smallest absolute Gasteiger partial charge is 0.234 e. The van der Waals surface area contributed by atoms with Crippen molar-refractivity contribution in [2.45, 2.75) is 17.3 Å². The van der Waals surface area contributed by atoms with E-state index in [0.29, 0.717) is 28.0 Å². The van der Waals surface area contributed by atoms with Crippen molar-refractivity contribution in [2.24, 2.45) is 0 Å². The van der Waals surface area contributed by atoms with Crippen molar-refractivity contribution in [2.75, 3.05) is 11.1 Å². The Kier molecular flexibility index (Phi) is 7.94. The average molecular weight is 466 g/mol. The van der Waals surface area contributed by atoms with E-state index < -0.39 is 0 Å². The molecule has 0 unspecified atom stereocenters. The van der Waals surface area contributed by atoms with Gasteiger partial charge < -0.3 is 10.6 Å². The second-order valence-corrected chi connectivity index (χ2v) is 8.98. The van der Waals surface area contributed by atoms with Gasteiger partial charge in [0.05, 0.1) is 17.9 Å². The molecule has 5 nitrogen and oxygen atoms in total. The molecule has 3 rings (SSSR count). The molecule has 2 amide bonds. The maximum absolute atomic E-state index is 12.1. The van der Waals surface area contributed by atoms with Crippen LogP contribution in [0.2, 0.25) is 10.0 Å². The van der Waals surface area contributed by atoms with Crippen LogP contribution in [0.15, 0.2) is 58.3 Å². The van der Waals surface area contributed by atoms with Crippen LogP contribution in [0.1, 0.15) is 11.3 Å². The van der Waals surface area contributed by atoms with Gasteiger partial charge in [0.2, 0.25) is 11.8 Å². The molecule has 3 aromatic rings. The second kappa shape index (κ2) is 10.6. The van der Waals surface area contributed by atoms with Crippen LogP contribution in [0.5, 0.6) is 0 Å². The molecular formula is C20H17Cl2N3O2S2. The van der Waals surface area contributed by atoms with Crippen LogP contribution in [0.3, 0.4) is 0 Å². The van der Waals surface area contributed by atoms with E-state index in [0.717, 1.165) is 9.90 Å². The lowest BCUT2D eigenvalue weighted by molar-refractivity contribution is -0.120. The van der Waals surface area contributed by atoms with E-state index in [-0.39, 0.29) is 24.0 Å². The van der Waals surface area contributed by atoms with E-state index in [9.17, 15) is 9.59 Å². The lowest BCUT2D eigenvalue weighted by atomic mass is 10.2. The summed E-state index contributed by atoms with van der Waals surface area (Å²) in [5, 5.41) is 8.77. The van der Waals surface area contributed by atoms with Gasteiger partial charge in [0.1, 0.15) is 0 Å². The normalized spacial score (nSPS) is 10.6. The first-order chi connectivity index (χ1) is 14.0. The summed E-state index contributed by atoms with van der Waals surface area (Å²) in [6.07, 6.45) is 0.196. The van der Waals surface area contributed by atoms with Crippen LogP contribution in [-0.4, -0.2) is 22.6 Å². The Bertz CT molecular complexity index is 976. The number of aromatic nitrogens is 1. The molecule has 0 saturated carbocycles. The molecule has 1 aromatic heterocycles. The van der Waals surface area contributed by atoms with Crippen molar-refractivity contribution in [3.63, 3.8) is 0 Å². The summed E-state index contributed by atoms with van der Waals surface area (Å²) >= 11 is 14.4. The fourth-order valence-corrected chi connectivity index (χ4v) is 4.22. The van der Waals surface area contributed by atoms with Crippen LogP contribution in [0.25, 0.3) is 0 Å². The van der Waals surface area contributed by atoms with Gasteiger partial charge in [0.25, 0.3) is 0 Å². The summed E-state index contributed by atoms with van der Waals surface area (Å²) in [5.74, 6) is -0.00436. The van der Waals surface area contributed by atoms with Crippen LogP contribution in [0.4, 0.5) is 5.69 Å². The van der Waals surface area contributed by atoms with Gasteiger partial charge in [-0.05, 0) is 42.0 Å². The Labute approximate surface area is 186 Å². The number of carbonyl (C=O) groups is 2. The third-order valence-corrected chi connectivity index (χ3v) is 6.30. The van der Waals surface area contributed by atoms with Crippen LogP contribution in [-0.2, 0) is 22.6 Å². The van der Waals surface area contributed by atoms with Crippen molar-refractivity contribution in [1.29, 1.82) is 0 Å². The lowest BCUT2D eigenvalue weighted by Gasteiger charge is -2.04. The number of benzene rings is 2. The van der Waals surface area contributed by atoms with Crippen LogP contribution in [0, 0.1) is 0 Å². The first-order valence-electron chi connectivity index (χ1n) is 8.62. The number of nitrogens with zero attached hydrogens (tertiary/aromatic N) is 1. The molecule has 0 bridgehead atoms. The maximum Gasteiger partial charge on any atom is 0.234 e. The van der Waals surface area contributed by atoms with Gasteiger partial charge in [-0.25, -0.2) is 4.98 Å². The fourth-order valence-electron chi connectivity index (χ4n) is 2.32. The van der Waals surface area contributed by atoms with E-state index in [1.54, 1.807) is 36.4 Å².